The summed E-state index contributed by atoms with van der Waals surface area (Å²) < 4.78 is 32.5. The van der Waals surface area contributed by atoms with Crippen molar-refractivity contribution < 1.29 is 18.3 Å². The van der Waals surface area contributed by atoms with E-state index in [0.717, 1.165) is 17.7 Å². The van der Waals surface area contributed by atoms with Gasteiger partial charge in [-0.2, -0.15) is 0 Å². The SMILES string of the molecule is CN(CCCOCc1ccccc1)C(=O)Nc1c(F)cccc1F. The molecule has 0 atom stereocenters. The first-order valence-corrected chi connectivity index (χ1v) is 7.65. The Morgan fingerprint density at radius 1 is 1.08 bits per heavy atom. The predicted molar refractivity (Wildman–Crippen MR) is 88.7 cm³/mol. The Morgan fingerprint density at radius 2 is 1.75 bits per heavy atom. The van der Waals surface area contributed by atoms with Gasteiger partial charge in [0, 0.05) is 20.2 Å². The molecule has 0 fully saturated rings. The van der Waals surface area contributed by atoms with Crippen molar-refractivity contribution >= 4 is 11.7 Å². The molecule has 128 valence electrons. The zero-order chi connectivity index (χ0) is 17.4. The number of hydrogen-bond acceptors (Lipinski definition) is 2. The molecule has 2 rings (SSSR count). The van der Waals surface area contributed by atoms with Crippen molar-refractivity contribution in [2.75, 3.05) is 25.5 Å². The highest BCUT2D eigenvalue weighted by Gasteiger charge is 2.14. The third kappa shape index (κ3) is 5.31. The zero-order valence-corrected chi connectivity index (χ0v) is 13.5. The minimum Gasteiger partial charge on any atom is -0.377 e. The quantitative estimate of drug-likeness (QED) is 0.777. The molecule has 0 aliphatic heterocycles. The predicted octanol–water partition coefficient (Wildman–Crippen LogP) is 4.04. The van der Waals surface area contributed by atoms with Gasteiger partial charge in [-0.3, -0.25) is 0 Å². The smallest absolute Gasteiger partial charge is 0.321 e. The second-order valence-corrected chi connectivity index (χ2v) is 5.34. The topological polar surface area (TPSA) is 41.6 Å². The Morgan fingerprint density at radius 3 is 2.42 bits per heavy atom. The van der Waals surface area contributed by atoms with Crippen LogP contribution in [0.2, 0.25) is 0 Å². The van der Waals surface area contributed by atoms with Gasteiger partial charge in [-0.1, -0.05) is 36.4 Å². The number of halogens is 2. The third-order valence-corrected chi connectivity index (χ3v) is 3.44. The van der Waals surface area contributed by atoms with E-state index in [1.165, 1.54) is 11.0 Å². The number of urea groups is 1. The van der Waals surface area contributed by atoms with E-state index in [0.29, 0.717) is 26.2 Å². The Bertz CT molecular complexity index is 645. The maximum atomic E-state index is 13.5. The lowest BCUT2D eigenvalue weighted by Gasteiger charge is -2.18. The molecule has 0 heterocycles. The third-order valence-electron chi connectivity index (χ3n) is 3.44. The number of benzene rings is 2. The highest BCUT2D eigenvalue weighted by Crippen LogP contribution is 2.18. The molecule has 0 aliphatic rings. The summed E-state index contributed by atoms with van der Waals surface area (Å²) in [4.78, 5) is 13.3. The van der Waals surface area contributed by atoms with Crippen LogP contribution >= 0.6 is 0 Å². The van der Waals surface area contributed by atoms with Gasteiger partial charge in [-0.05, 0) is 24.1 Å². The van der Waals surface area contributed by atoms with E-state index in [1.54, 1.807) is 7.05 Å². The standard InChI is InChI=1S/C18H20F2N2O2/c1-22(11-6-12-24-13-14-7-3-2-4-8-14)18(23)21-17-15(19)9-5-10-16(17)20/h2-5,7-10H,6,11-13H2,1H3,(H,21,23). The Hall–Kier alpha value is -2.47. The van der Waals surface area contributed by atoms with Gasteiger partial charge in [0.15, 0.2) is 0 Å². The van der Waals surface area contributed by atoms with E-state index in [-0.39, 0.29) is 0 Å². The Labute approximate surface area is 140 Å². The van der Waals surface area contributed by atoms with E-state index in [9.17, 15) is 13.6 Å². The number of carbonyl (C=O) groups is 1. The molecule has 0 unspecified atom stereocenters. The molecule has 0 saturated carbocycles. The van der Waals surface area contributed by atoms with E-state index >= 15 is 0 Å². The monoisotopic (exact) mass is 334 g/mol. The summed E-state index contributed by atoms with van der Waals surface area (Å²) in [5, 5.41) is 2.24. The van der Waals surface area contributed by atoms with Crippen molar-refractivity contribution in [1.82, 2.24) is 4.90 Å². The highest BCUT2D eigenvalue weighted by molar-refractivity contribution is 5.89. The fourth-order valence-electron chi connectivity index (χ4n) is 2.09. The molecule has 6 heteroatoms. The largest absolute Gasteiger partial charge is 0.377 e. The summed E-state index contributed by atoms with van der Waals surface area (Å²) in [5.74, 6) is -1.61. The molecule has 0 aliphatic carbocycles. The molecule has 0 bridgehead atoms. The summed E-state index contributed by atoms with van der Waals surface area (Å²) in [6.45, 7) is 1.41. The van der Waals surface area contributed by atoms with Crippen LogP contribution in [-0.2, 0) is 11.3 Å². The maximum Gasteiger partial charge on any atom is 0.321 e. The number of ether oxygens (including phenoxy) is 1. The average molecular weight is 334 g/mol. The summed E-state index contributed by atoms with van der Waals surface area (Å²) in [7, 11) is 1.56. The lowest BCUT2D eigenvalue weighted by Crippen LogP contribution is -2.33. The Balaban J connectivity index is 1.70. The van der Waals surface area contributed by atoms with Crippen molar-refractivity contribution in [2.45, 2.75) is 13.0 Å². The number of nitrogens with one attached hydrogen (secondary N) is 1. The summed E-state index contributed by atoms with van der Waals surface area (Å²) >= 11 is 0. The van der Waals surface area contributed by atoms with Crippen LogP contribution in [0, 0.1) is 11.6 Å². The van der Waals surface area contributed by atoms with Crippen LogP contribution in [0.5, 0.6) is 0 Å². The average Bonchev–Trinajstić information content (AvgIpc) is 2.58. The van der Waals surface area contributed by atoms with Crippen LogP contribution in [0.15, 0.2) is 48.5 Å². The molecule has 4 nitrogen and oxygen atoms in total. The number of carbonyl (C=O) groups excluding carboxylic acids is 1. The summed E-state index contributed by atoms with van der Waals surface area (Å²) in [5.41, 5.74) is 0.647. The van der Waals surface area contributed by atoms with Crippen molar-refractivity contribution in [1.29, 1.82) is 0 Å². The van der Waals surface area contributed by atoms with Gasteiger partial charge in [0.25, 0.3) is 0 Å². The Kier molecular flexibility index (Phi) is 6.69. The minimum absolute atomic E-state index is 0.413. The van der Waals surface area contributed by atoms with E-state index in [1.807, 2.05) is 30.3 Å². The first kappa shape index (κ1) is 17.9. The molecule has 0 saturated heterocycles. The number of anilines is 1. The number of amides is 2. The highest BCUT2D eigenvalue weighted by atomic mass is 19.1. The van der Waals surface area contributed by atoms with Crippen LogP contribution in [0.4, 0.5) is 19.3 Å². The molecule has 2 aromatic carbocycles. The fourth-order valence-corrected chi connectivity index (χ4v) is 2.09. The molecular formula is C18H20F2N2O2. The van der Waals surface area contributed by atoms with Crippen LogP contribution in [0.3, 0.4) is 0 Å². The molecule has 2 amide bonds. The fraction of sp³-hybridized carbons (Fsp3) is 0.278. The van der Waals surface area contributed by atoms with Gasteiger partial charge in [0.1, 0.15) is 17.3 Å². The number of para-hydroxylation sites is 1. The molecule has 24 heavy (non-hydrogen) atoms. The van der Waals surface area contributed by atoms with E-state index < -0.39 is 23.4 Å². The lowest BCUT2D eigenvalue weighted by molar-refractivity contribution is 0.113. The molecule has 0 spiro atoms. The van der Waals surface area contributed by atoms with Gasteiger partial charge in [0.05, 0.1) is 6.61 Å². The van der Waals surface area contributed by atoms with Gasteiger partial charge in [-0.25, -0.2) is 13.6 Å². The molecule has 2 aromatic rings. The normalized spacial score (nSPS) is 10.5. The summed E-state index contributed by atoms with van der Waals surface area (Å²) in [6, 6.07) is 12.6. The van der Waals surface area contributed by atoms with Gasteiger partial charge in [-0.15, -0.1) is 0 Å². The molecular weight excluding hydrogens is 314 g/mol. The number of hydrogen-bond donors (Lipinski definition) is 1. The molecule has 0 aromatic heterocycles. The second-order valence-electron chi connectivity index (χ2n) is 5.34. The van der Waals surface area contributed by atoms with Gasteiger partial charge < -0.3 is 15.0 Å². The van der Waals surface area contributed by atoms with Crippen LogP contribution in [0.1, 0.15) is 12.0 Å². The molecule has 0 radical (unpaired) electrons. The van der Waals surface area contributed by atoms with Crippen molar-refractivity contribution in [3.63, 3.8) is 0 Å². The second kappa shape index (κ2) is 8.98. The van der Waals surface area contributed by atoms with Crippen molar-refractivity contribution in [3.8, 4) is 0 Å². The first-order valence-electron chi connectivity index (χ1n) is 7.65. The minimum atomic E-state index is -0.803. The van der Waals surface area contributed by atoms with Crippen LogP contribution in [-0.4, -0.2) is 31.1 Å². The first-order chi connectivity index (χ1) is 11.6. The molecule has 1 N–H and O–H groups in total. The van der Waals surface area contributed by atoms with Gasteiger partial charge >= 0.3 is 6.03 Å². The summed E-state index contributed by atoms with van der Waals surface area (Å²) in [6.07, 6.45) is 0.622. The number of nitrogens with zero attached hydrogens (tertiary/aromatic N) is 1. The van der Waals surface area contributed by atoms with Crippen LogP contribution in [0.25, 0.3) is 0 Å². The van der Waals surface area contributed by atoms with E-state index in [4.69, 9.17) is 4.74 Å². The van der Waals surface area contributed by atoms with Crippen LogP contribution < -0.4 is 5.32 Å². The lowest BCUT2D eigenvalue weighted by atomic mass is 10.2. The van der Waals surface area contributed by atoms with Crippen molar-refractivity contribution in [3.05, 3.63) is 65.7 Å². The number of rotatable bonds is 7. The zero-order valence-electron chi connectivity index (χ0n) is 13.5. The van der Waals surface area contributed by atoms with Crippen molar-refractivity contribution in [2.24, 2.45) is 0 Å². The van der Waals surface area contributed by atoms with E-state index in [2.05, 4.69) is 5.32 Å². The van der Waals surface area contributed by atoms with Gasteiger partial charge in [0.2, 0.25) is 0 Å². The maximum absolute atomic E-state index is 13.5.